The number of aromatic nitrogens is 1. The molecule has 0 bridgehead atoms. The van der Waals surface area contributed by atoms with Gasteiger partial charge in [-0.2, -0.15) is 13.2 Å². The Bertz CT molecular complexity index is 675. The van der Waals surface area contributed by atoms with E-state index in [2.05, 4.69) is 10.3 Å². The predicted octanol–water partition coefficient (Wildman–Crippen LogP) is 3.78. The lowest BCUT2D eigenvalue weighted by Crippen LogP contribution is -2.26. The van der Waals surface area contributed by atoms with Gasteiger partial charge in [0.05, 0.1) is 11.3 Å². The minimum Gasteiger partial charge on any atom is -0.330 e. The number of nitrogens with two attached hydrogens (primary N) is 1. The van der Waals surface area contributed by atoms with Crippen LogP contribution in [0, 0.1) is 5.92 Å². The fraction of sp³-hybridized carbons (Fsp3) is 0.286. The molecule has 0 aliphatic rings. The number of anilines is 1. The molecule has 2 rings (SSSR count). The average Bonchev–Trinajstić information content (AvgIpc) is 2.93. The first kappa shape index (κ1) is 19.4. The molecule has 1 heterocycles. The molecule has 3 N–H and O–H groups in total. The number of amides is 1. The standard InChI is InChI=1S/C14H14F3N3OS.ClH/c1-8(6-18)12(21)20-13-19-11(7-22-13)9-4-2-3-5-10(9)14(15,16)17;/h2-5,7-8H,6,18H2,1H3,(H,19,20,21);1H. The number of alkyl halides is 3. The van der Waals surface area contributed by atoms with Crippen molar-refractivity contribution >= 4 is 34.8 Å². The molecule has 1 aromatic carbocycles. The molecule has 0 aliphatic carbocycles. The Morgan fingerprint density at radius 1 is 1.39 bits per heavy atom. The lowest BCUT2D eigenvalue weighted by Gasteiger charge is -2.10. The molecule has 0 fully saturated rings. The maximum atomic E-state index is 13.0. The Morgan fingerprint density at radius 3 is 2.65 bits per heavy atom. The number of hydrogen-bond donors (Lipinski definition) is 2. The number of nitrogens with one attached hydrogen (secondary N) is 1. The number of thiazole rings is 1. The normalized spacial score (nSPS) is 12.4. The van der Waals surface area contributed by atoms with E-state index in [0.717, 1.165) is 17.4 Å². The van der Waals surface area contributed by atoms with Crippen molar-refractivity contribution in [3.05, 3.63) is 35.2 Å². The van der Waals surface area contributed by atoms with Crippen LogP contribution in [0.1, 0.15) is 12.5 Å². The summed E-state index contributed by atoms with van der Waals surface area (Å²) in [5, 5.41) is 4.28. The summed E-state index contributed by atoms with van der Waals surface area (Å²) in [6, 6.07) is 5.19. The Morgan fingerprint density at radius 2 is 2.04 bits per heavy atom. The summed E-state index contributed by atoms with van der Waals surface area (Å²) in [5.41, 5.74) is 4.79. The minimum atomic E-state index is -4.46. The van der Waals surface area contributed by atoms with Gasteiger partial charge in [0.1, 0.15) is 0 Å². The molecular formula is C14H15ClF3N3OS. The maximum absolute atomic E-state index is 13.0. The lowest BCUT2D eigenvalue weighted by atomic mass is 10.1. The smallest absolute Gasteiger partial charge is 0.330 e. The summed E-state index contributed by atoms with van der Waals surface area (Å²) < 4.78 is 39.0. The van der Waals surface area contributed by atoms with Crippen LogP contribution in [0.3, 0.4) is 0 Å². The summed E-state index contributed by atoms with van der Waals surface area (Å²) >= 11 is 1.07. The Hall–Kier alpha value is -1.64. The third-order valence-corrected chi connectivity index (χ3v) is 3.80. The van der Waals surface area contributed by atoms with Crippen molar-refractivity contribution in [2.75, 3.05) is 11.9 Å². The average molecular weight is 366 g/mol. The van der Waals surface area contributed by atoms with E-state index in [1.165, 1.54) is 23.6 Å². The number of halogens is 4. The molecule has 126 valence electrons. The highest BCUT2D eigenvalue weighted by molar-refractivity contribution is 7.14. The summed E-state index contributed by atoms with van der Waals surface area (Å²) in [6.07, 6.45) is -4.46. The zero-order valence-corrected chi connectivity index (χ0v) is 13.7. The van der Waals surface area contributed by atoms with Gasteiger partial charge in [0.15, 0.2) is 5.13 Å². The van der Waals surface area contributed by atoms with Gasteiger partial charge in [-0.25, -0.2) is 4.98 Å². The molecule has 1 unspecified atom stereocenters. The maximum Gasteiger partial charge on any atom is 0.417 e. The molecule has 0 spiro atoms. The van der Waals surface area contributed by atoms with E-state index in [-0.39, 0.29) is 41.2 Å². The highest BCUT2D eigenvalue weighted by Crippen LogP contribution is 2.37. The number of nitrogens with zero attached hydrogens (tertiary/aromatic N) is 1. The fourth-order valence-corrected chi connectivity index (χ4v) is 2.46. The van der Waals surface area contributed by atoms with Crippen LogP contribution in [0.4, 0.5) is 18.3 Å². The molecular weight excluding hydrogens is 351 g/mol. The summed E-state index contributed by atoms with van der Waals surface area (Å²) in [4.78, 5) is 15.8. The van der Waals surface area contributed by atoms with Crippen molar-refractivity contribution < 1.29 is 18.0 Å². The zero-order valence-electron chi connectivity index (χ0n) is 12.1. The van der Waals surface area contributed by atoms with Gasteiger partial charge in [-0.15, -0.1) is 23.7 Å². The Labute approximate surface area is 141 Å². The van der Waals surface area contributed by atoms with Gasteiger partial charge < -0.3 is 11.1 Å². The molecule has 23 heavy (non-hydrogen) atoms. The second-order valence-corrected chi connectivity index (χ2v) is 5.57. The molecule has 0 saturated carbocycles. The van der Waals surface area contributed by atoms with E-state index in [1.54, 1.807) is 6.92 Å². The van der Waals surface area contributed by atoms with Gasteiger partial charge in [0.25, 0.3) is 0 Å². The SMILES string of the molecule is CC(CN)C(=O)Nc1nc(-c2ccccc2C(F)(F)F)cs1.Cl. The van der Waals surface area contributed by atoms with Gasteiger partial charge in [0, 0.05) is 23.4 Å². The van der Waals surface area contributed by atoms with Crippen molar-refractivity contribution in [2.24, 2.45) is 11.7 Å². The van der Waals surface area contributed by atoms with Crippen molar-refractivity contribution in [1.82, 2.24) is 4.98 Å². The van der Waals surface area contributed by atoms with Crippen LogP contribution in [-0.2, 0) is 11.0 Å². The first-order valence-corrected chi connectivity index (χ1v) is 7.34. The molecule has 0 aliphatic heterocycles. The largest absolute Gasteiger partial charge is 0.417 e. The third kappa shape index (κ3) is 4.66. The molecule has 4 nitrogen and oxygen atoms in total. The summed E-state index contributed by atoms with van der Waals surface area (Å²) in [7, 11) is 0. The van der Waals surface area contributed by atoms with Gasteiger partial charge >= 0.3 is 6.18 Å². The molecule has 1 aromatic heterocycles. The quantitative estimate of drug-likeness (QED) is 0.866. The van der Waals surface area contributed by atoms with Crippen LogP contribution in [0.5, 0.6) is 0 Å². The topological polar surface area (TPSA) is 68.0 Å². The summed E-state index contributed by atoms with van der Waals surface area (Å²) in [6.45, 7) is 1.84. The van der Waals surface area contributed by atoms with Gasteiger partial charge in [-0.3, -0.25) is 4.79 Å². The Kier molecular flexibility index (Phi) is 6.55. The van der Waals surface area contributed by atoms with Crippen molar-refractivity contribution in [1.29, 1.82) is 0 Å². The second kappa shape index (κ2) is 7.76. The molecule has 1 atom stereocenters. The number of rotatable bonds is 4. The number of benzene rings is 1. The molecule has 9 heteroatoms. The highest BCUT2D eigenvalue weighted by Gasteiger charge is 2.33. The summed E-state index contributed by atoms with van der Waals surface area (Å²) in [5.74, 6) is -0.706. The number of carbonyl (C=O) groups excluding carboxylic acids is 1. The zero-order chi connectivity index (χ0) is 16.3. The number of hydrogen-bond acceptors (Lipinski definition) is 4. The minimum absolute atomic E-state index is 0. The molecule has 2 aromatic rings. The van der Waals surface area contributed by atoms with Crippen LogP contribution < -0.4 is 11.1 Å². The van der Waals surface area contributed by atoms with E-state index in [4.69, 9.17) is 5.73 Å². The first-order chi connectivity index (χ1) is 10.3. The van der Waals surface area contributed by atoms with E-state index >= 15 is 0 Å². The van der Waals surface area contributed by atoms with E-state index in [1.807, 2.05) is 0 Å². The van der Waals surface area contributed by atoms with E-state index < -0.39 is 17.7 Å². The van der Waals surface area contributed by atoms with Crippen molar-refractivity contribution in [3.63, 3.8) is 0 Å². The fourth-order valence-electron chi connectivity index (χ4n) is 1.74. The molecule has 0 saturated heterocycles. The van der Waals surface area contributed by atoms with Crippen LogP contribution in [0.2, 0.25) is 0 Å². The number of carbonyl (C=O) groups is 1. The predicted molar refractivity (Wildman–Crippen MR) is 86.6 cm³/mol. The molecule has 0 radical (unpaired) electrons. The van der Waals surface area contributed by atoms with Gasteiger partial charge in [0.2, 0.25) is 5.91 Å². The highest BCUT2D eigenvalue weighted by atomic mass is 35.5. The lowest BCUT2D eigenvalue weighted by molar-refractivity contribution is -0.137. The van der Waals surface area contributed by atoms with Gasteiger partial charge in [-0.1, -0.05) is 25.1 Å². The van der Waals surface area contributed by atoms with Crippen LogP contribution >= 0.6 is 23.7 Å². The van der Waals surface area contributed by atoms with E-state index in [9.17, 15) is 18.0 Å². The molecule has 1 amide bonds. The van der Waals surface area contributed by atoms with Gasteiger partial charge in [-0.05, 0) is 6.07 Å². The van der Waals surface area contributed by atoms with Crippen LogP contribution in [-0.4, -0.2) is 17.4 Å². The van der Waals surface area contributed by atoms with Crippen LogP contribution in [0.15, 0.2) is 29.6 Å². The van der Waals surface area contributed by atoms with E-state index in [0.29, 0.717) is 0 Å². The van der Waals surface area contributed by atoms with Crippen LogP contribution in [0.25, 0.3) is 11.3 Å². The third-order valence-electron chi connectivity index (χ3n) is 3.04. The monoisotopic (exact) mass is 365 g/mol. The van der Waals surface area contributed by atoms with Crippen molar-refractivity contribution in [3.8, 4) is 11.3 Å². The Balaban J connectivity index is 0.00000264. The first-order valence-electron chi connectivity index (χ1n) is 6.46. The second-order valence-electron chi connectivity index (χ2n) is 4.71. The van der Waals surface area contributed by atoms with Crippen molar-refractivity contribution in [2.45, 2.75) is 13.1 Å².